The van der Waals surface area contributed by atoms with Crippen molar-refractivity contribution in [3.05, 3.63) is 58.8 Å². The van der Waals surface area contributed by atoms with E-state index in [1.807, 2.05) is 6.20 Å². The third-order valence-electron chi connectivity index (χ3n) is 4.66. The molecule has 124 valence electrons. The Morgan fingerprint density at radius 3 is 3.12 bits per heavy atom. The molecule has 6 nitrogen and oxygen atoms in total. The molecule has 0 radical (unpaired) electrons. The van der Waals surface area contributed by atoms with Crippen LogP contribution in [0, 0.1) is 0 Å². The first-order valence-corrected chi connectivity index (χ1v) is 8.38. The zero-order valence-electron chi connectivity index (χ0n) is 13.5. The van der Waals surface area contributed by atoms with Crippen molar-refractivity contribution in [2.24, 2.45) is 0 Å². The second-order valence-corrected chi connectivity index (χ2v) is 6.27. The van der Waals surface area contributed by atoms with Gasteiger partial charge < -0.3 is 20.2 Å². The van der Waals surface area contributed by atoms with Gasteiger partial charge in [0.2, 0.25) is 0 Å². The smallest absolute Gasteiger partial charge is 0.290 e. The molecule has 1 atom stereocenters. The Morgan fingerprint density at radius 1 is 1.25 bits per heavy atom. The van der Waals surface area contributed by atoms with Crippen molar-refractivity contribution in [2.75, 3.05) is 18.0 Å². The molecule has 3 heterocycles. The van der Waals surface area contributed by atoms with Gasteiger partial charge in [-0.2, -0.15) is 0 Å². The van der Waals surface area contributed by atoms with Gasteiger partial charge >= 0.3 is 0 Å². The van der Waals surface area contributed by atoms with Crippen LogP contribution in [0.15, 0.2) is 47.7 Å². The molecular formula is C18H21N5O. The minimum Gasteiger partial charge on any atom is -0.361 e. The fraction of sp³-hybridized carbons (Fsp3) is 0.333. The molecule has 0 unspecified atom stereocenters. The van der Waals surface area contributed by atoms with Crippen LogP contribution < -0.4 is 15.8 Å². The monoisotopic (exact) mass is 323 g/mol. The molecule has 2 aromatic heterocycles. The lowest BCUT2D eigenvalue weighted by molar-refractivity contribution is 0.420. The van der Waals surface area contributed by atoms with Gasteiger partial charge in [0.1, 0.15) is 0 Å². The molecule has 0 saturated carbocycles. The van der Waals surface area contributed by atoms with Gasteiger partial charge in [0, 0.05) is 49.8 Å². The van der Waals surface area contributed by atoms with Crippen molar-refractivity contribution in [3.8, 4) is 0 Å². The molecule has 6 heteroatoms. The summed E-state index contributed by atoms with van der Waals surface area (Å²) in [6.07, 6.45) is 7.36. The van der Waals surface area contributed by atoms with Gasteiger partial charge in [-0.25, -0.2) is 4.98 Å². The van der Waals surface area contributed by atoms with Crippen LogP contribution in [0.25, 0.3) is 10.9 Å². The van der Waals surface area contributed by atoms with Gasteiger partial charge in [0.15, 0.2) is 5.82 Å². The molecular weight excluding hydrogens is 302 g/mol. The number of anilines is 1. The number of H-pyrrole nitrogens is 2. The summed E-state index contributed by atoms with van der Waals surface area (Å²) in [7, 11) is 0. The number of fused-ring (bicyclic) bond motifs is 1. The topological polar surface area (TPSA) is 76.8 Å². The molecule has 0 spiro atoms. The Hall–Kier alpha value is -2.60. The molecule has 0 amide bonds. The second kappa shape index (κ2) is 6.49. The van der Waals surface area contributed by atoms with Gasteiger partial charge in [-0.05, 0) is 29.9 Å². The summed E-state index contributed by atoms with van der Waals surface area (Å²) in [5.41, 5.74) is 2.35. The standard InChI is InChI=1S/C18H21N5O/c24-18-17(20-8-9-21-18)23-10-2-5-15(12-23)22-11-14-4-1-3-13-6-7-19-16(13)14/h1,3-4,6-9,15,19,22H,2,5,10-12H2,(H,21,24)/t15-/m1/s1. The zero-order chi connectivity index (χ0) is 16.4. The second-order valence-electron chi connectivity index (χ2n) is 6.27. The normalized spacial score (nSPS) is 18.2. The molecule has 1 fully saturated rings. The summed E-state index contributed by atoms with van der Waals surface area (Å²) in [5, 5.41) is 4.87. The van der Waals surface area contributed by atoms with Crippen LogP contribution in [0.5, 0.6) is 0 Å². The lowest BCUT2D eigenvalue weighted by Gasteiger charge is -2.33. The van der Waals surface area contributed by atoms with Crippen LogP contribution in [-0.4, -0.2) is 34.1 Å². The fourth-order valence-corrected chi connectivity index (χ4v) is 3.46. The lowest BCUT2D eigenvalue weighted by Crippen LogP contribution is -2.47. The van der Waals surface area contributed by atoms with Crippen molar-refractivity contribution in [2.45, 2.75) is 25.4 Å². The predicted octanol–water partition coefficient (Wildman–Crippen LogP) is 2.01. The van der Waals surface area contributed by atoms with Crippen LogP contribution in [0.3, 0.4) is 0 Å². The number of aromatic nitrogens is 3. The molecule has 0 bridgehead atoms. The Balaban J connectivity index is 1.45. The number of piperidine rings is 1. The molecule has 4 rings (SSSR count). The van der Waals surface area contributed by atoms with Crippen molar-refractivity contribution >= 4 is 16.7 Å². The molecule has 24 heavy (non-hydrogen) atoms. The average molecular weight is 323 g/mol. The first-order chi connectivity index (χ1) is 11.8. The fourth-order valence-electron chi connectivity index (χ4n) is 3.46. The summed E-state index contributed by atoms with van der Waals surface area (Å²) in [6.45, 7) is 2.50. The summed E-state index contributed by atoms with van der Waals surface area (Å²) in [6, 6.07) is 8.80. The van der Waals surface area contributed by atoms with Crippen LogP contribution in [0.4, 0.5) is 5.82 Å². The number of para-hydroxylation sites is 1. The quantitative estimate of drug-likeness (QED) is 0.686. The highest BCUT2D eigenvalue weighted by atomic mass is 16.1. The number of hydrogen-bond acceptors (Lipinski definition) is 4. The highest BCUT2D eigenvalue weighted by molar-refractivity contribution is 5.82. The molecule has 1 saturated heterocycles. The predicted molar refractivity (Wildman–Crippen MR) is 95.2 cm³/mol. The highest BCUT2D eigenvalue weighted by Crippen LogP contribution is 2.18. The van der Waals surface area contributed by atoms with E-state index in [4.69, 9.17) is 0 Å². The number of benzene rings is 1. The third kappa shape index (κ3) is 2.92. The third-order valence-corrected chi connectivity index (χ3v) is 4.66. The van der Waals surface area contributed by atoms with Crippen LogP contribution >= 0.6 is 0 Å². The van der Waals surface area contributed by atoms with E-state index in [0.717, 1.165) is 32.5 Å². The zero-order valence-corrected chi connectivity index (χ0v) is 13.5. The lowest BCUT2D eigenvalue weighted by atomic mass is 10.0. The Morgan fingerprint density at radius 2 is 2.21 bits per heavy atom. The Bertz CT molecular complexity index is 884. The van der Waals surface area contributed by atoms with E-state index in [9.17, 15) is 4.79 Å². The minimum atomic E-state index is -0.116. The maximum Gasteiger partial charge on any atom is 0.290 e. The summed E-state index contributed by atoms with van der Waals surface area (Å²) >= 11 is 0. The first-order valence-electron chi connectivity index (χ1n) is 8.38. The van der Waals surface area contributed by atoms with Gasteiger partial charge in [-0.15, -0.1) is 0 Å². The molecule has 1 aliphatic heterocycles. The van der Waals surface area contributed by atoms with Gasteiger partial charge in [0.25, 0.3) is 5.56 Å². The van der Waals surface area contributed by atoms with E-state index in [0.29, 0.717) is 11.9 Å². The van der Waals surface area contributed by atoms with Gasteiger partial charge in [0.05, 0.1) is 0 Å². The maximum absolute atomic E-state index is 11.9. The number of aromatic amines is 2. The van der Waals surface area contributed by atoms with Crippen molar-refractivity contribution in [1.29, 1.82) is 0 Å². The minimum absolute atomic E-state index is 0.116. The number of nitrogens with one attached hydrogen (secondary N) is 3. The first kappa shape index (κ1) is 15.0. The summed E-state index contributed by atoms with van der Waals surface area (Å²) in [5.74, 6) is 0.524. The van der Waals surface area contributed by atoms with E-state index in [-0.39, 0.29) is 5.56 Å². The van der Waals surface area contributed by atoms with E-state index in [1.54, 1.807) is 12.4 Å². The van der Waals surface area contributed by atoms with Crippen molar-refractivity contribution in [1.82, 2.24) is 20.3 Å². The van der Waals surface area contributed by atoms with Crippen LogP contribution in [0.2, 0.25) is 0 Å². The highest BCUT2D eigenvalue weighted by Gasteiger charge is 2.22. The Kier molecular flexibility index (Phi) is 4.04. The summed E-state index contributed by atoms with van der Waals surface area (Å²) < 4.78 is 0. The molecule has 1 aliphatic rings. The number of hydrogen-bond donors (Lipinski definition) is 3. The van der Waals surface area contributed by atoms with Crippen LogP contribution in [0.1, 0.15) is 18.4 Å². The molecule has 3 aromatic rings. The molecule has 0 aliphatic carbocycles. The molecule has 1 aromatic carbocycles. The summed E-state index contributed by atoms with van der Waals surface area (Å²) in [4.78, 5) is 24.3. The largest absolute Gasteiger partial charge is 0.361 e. The van der Waals surface area contributed by atoms with Crippen molar-refractivity contribution < 1.29 is 0 Å². The van der Waals surface area contributed by atoms with E-state index in [2.05, 4.69) is 49.4 Å². The Labute approximate surface area is 139 Å². The SMILES string of the molecule is O=c1[nH]ccnc1N1CCC[C@@H](NCc2cccc3cc[nH]c23)C1. The number of nitrogens with zero attached hydrogens (tertiary/aromatic N) is 2. The van der Waals surface area contributed by atoms with E-state index in [1.165, 1.54) is 16.5 Å². The van der Waals surface area contributed by atoms with Gasteiger partial charge in [-0.3, -0.25) is 4.79 Å². The van der Waals surface area contributed by atoms with Gasteiger partial charge in [-0.1, -0.05) is 18.2 Å². The number of rotatable bonds is 4. The maximum atomic E-state index is 11.9. The van der Waals surface area contributed by atoms with Crippen molar-refractivity contribution in [3.63, 3.8) is 0 Å². The molecule has 3 N–H and O–H groups in total. The average Bonchev–Trinajstić information content (AvgIpc) is 3.10. The van der Waals surface area contributed by atoms with Crippen LogP contribution in [-0.2, 0) is 6.54 Å². The van der Waals surface area contributed by atoms with E-state index < -0.39 is 0 Å². The van der Waals surface area contributed by atoms with E-state index >= 15 is 0 Å².